The molecule has 0 saturated carbocycles. The number of aromatic nitrogens is 2. The summed E-state index contributed by atoms with van der Waals surface area (Å²) in [6.07, 6.45) is 3.18. The van der Waals surface area contributed by atoms with E-state index < -0.39 is 0 Å². The van der Waals surface area contributed by atoms with Crippen molar-refractivity contribution in [3.8, 4) is 0 Å². The molecule has 0 amide bonds. The SMILES string of the molecule is CC(C)c1noc(N2CCC(C(C)CCO)CC2)n1. The maximum absolute atomic E-state index is 9.01. The van der Waals surface area contributed by atoms with Crippen molar-refractivity contribution in [3.05, 3.63) is 5.82 Å². The summed E-state index contributed by atoms with van der Waals surface area (Å²) in [5.41, 5.74) is 0. The zero-order valence-electron chi connectivity index (χ0n) is 12.2. The largest absolute Gasteiger partial charge is 0.396 e. The Morgan fingerprint density at radius 2 is 2.00 bits per heavy atom. The van der Waals surface area contributed by atoms with E-state index in [1.807, 2.05) is 0 Å². The number of aliphatic hydroxyl groups excluding tert-OH is 1. The van der Waals surface area contributed by atoms with E-state index in [4.69, 9.17) is 9.63 Å². The molecule has 1 fully saturated rings. The summed E-state index contributed by atoms with van der Waals surface area (Å²) in [7, 11) is 0. The van der Waals surface area contributed by atoms with Gasteiger partial charge in [-0.25, -0.2) is 0 Å². The van der Waals surface area contributed by atoms with Crippen molar-refractivity contribution in [1.29, 1.82) is 0 Å². The Morgan fingerprint density at radius 1 is 1.32 bits per heavy atom. The van der Waals surface area contributed by atoms with Crippen molar-refractivity contribution in [2.24, 2.45) is 11.8 Å². The number of aliphatic hydroxyl groups is 1. The van der Waals surface area contributed by atoms with Crippen molar-refractivity contribution in [2.75, 3.05) is 24.6 Å². The van der Waals surface area contributed by atoms with E-state index in [0.717, 1.165) is 38.2 Å². The molecule has 1 aromatic rings. The molecule has 0 spiro atoms. The monoisotopic (exact) mass is 267 g/mol. The van der Waals surface area contributed by atoms with Gasteiger partial charge in [0.15, 0.2) is 5.82 Å². The Bertz CT molecular complexity index is 384. The van der Waals surface area contributed by atoms with Crippen LogP contribution in [0.4, 0.5) is 6.01 Å². The molecule has 0 aromatic carbocycles. The summed E-state index contributed by atoms with van der Waals surface area (Å²) < 4.78 is 5.33. The van der Waals surface area contributed by atoms with Crippen LogP contribution in [0.3, 0.4) is 0 Å². The maximum Gasteiger partial charge on any atom is 0.324 e. The average molecular weight is 267 g/mol. The second kappa shape index (κ2) is 6.37. The second-order valence-corrected chi connectivity index (χ2v) is 5.90. The number of rotatable bonds is 5. The minimum absolute atomic E-state index is 0.294. The molecule has 1 aromatic heterocycles. The quantitative estimate of drug-likeness (QED) is 0.887. The predicted molar refractivity (Wildman–Crippen MR) is 74.2 cm³/mol. The van der Waals surface area contributed by atoms with Crippen LogP contribution in [0.2, 0.25) is 0 Å². The fraction of sp³-hybridized carbons (Fsp3) is 0.857. The molecule has 0 aliphatic carbocycles. The lowest BCUT2D eigenvalue weighted by Crippen LogP contribution is -2.36. The molecular formula is C14H25N3O2. The Hall–Kier alpha value is -1.10. The molecule has 0 bridgehead atoms. The molecular weight excluding hydrogens is 242 g/mol. The standard InChI is InChI=1S/C14H25N3O2/c1-10(2)13-15-14(19-16-13)17-7-4-12(5-8-17)11(3)6-9-18/h10-12,18H,4-9H2,1-3H3. The highest BCUT2D eigenvalue weighted by atomic mass is 16.5. The molecule has 2 rings (SSSR count). The number of hydrogen-bond acceptors (Lipinski definition) is 5. The molecule has 5 heteroatoms. The van der Waals surface area contributed by atoms with Gasteiger partial charge in [-0.15, -0.1) is 0 Å². The topological polar surface area (TPSA) is 62.4 Å². The predicted octanol–water partition coefficient (Wildman–Crippen LogP) is 2.43. The van der Waals surface area contributed by atoms with Gasteiger partial charge in [0.2, 0.25) is 0 Å². The lowest BCUT2D eigenvalue weighted by Gasteiger charge is -2.33. The lowest BCUT2D eigenvalue weighted by atomic mass is 9.84. The molecule has 1 aliphatic heterocycles. The van der Waals surface area contributed by atoms with Gasteiger partial charge in [0.1, 0.15) is 0 Å². The van der Waals surface area contributed by atoms with Crippen LogP contribution in [-0.2, 0) is 0 Å². The van der Waals surface area contributed by atoms with Crippen molar-refractivity contribution < 1.29 is 9.63 Å². The van der Waals surface area contributed by atoms with Crippen molar-refractivity contribution >= 4 is 6.01 Å². The first kappa shape index (κ1) is 14.3. The van der Waals surface area contributed by atoms with Gasteiger partial charge in [-0.2, -0.15) is 4.98 Å². The Kier molecular flexibility index (Phi) is 4.80. The normalized spacial score (nSPS) is 19.1. The maximum atomic E-state index is 9.01. The van der Waals surface area contributed by atoms with Crippen LogP contribution in [0.1, 0.15) is 51.8 Å². The van der Waals surface area contributed by atoms with Crippen LogP contribution in [0, 0.1) is 11.8 Å². The van der Waals surface area contributed by atoms with E-state index in [2.05, 4.69) is 35.8 Å². The van der Waals surface area contributed by atoms with Gasteiger partial charge in [-0.3, -0.25) is 0 Å². The van der Waals surface area contributed by atoms with E-state index in [9.17, 15) is 0 Å². The van der Waals surface area contributed by atoms with Crippen LogP contribution in [0.5, 0.6) is 0 Å². The molecule has 1 aliphatic rings. The van der Waals surface area contributed by atoms with E-state index in [-0.39, 0.29) is 0 Å². The Morgan fingerprint density at radius 3 is 2.53 bits per heavy atom. The zero-order chi connectivity index (χ0) is 13.8. The first-order valence-corrected chi connectivity index (χ1v) is 7.31. The summed E-state index contributed by atoms with van der Waals surface area (Å²) in [6.45, 7) is 8.61. The van der Waals surface area contributed by atoms with Crippen LogP contribution in [0.15, 0.2) is 4.52 Å². The third-order valence-electron chi connectivity index (χ3n) is 4.15. The van der Waals surface area contributed by atoms with E-state index in [1.54, 1.807) is 0 Å². The summed E-state index contributed by atoms with van der Waals surface area (Å²) in [5.74, 6) is 2.39. The third-order valence-corrected chi connectivity index (χ3v) is 4.15. The number of hydrogen-bond donors (Lipinski definition) is 1. The smallest absolute Gasteiger partial charge is 0.324 e. The summed E-state index contributed by atoms with van der Waals surface area (Å²) in [6, 6.07) is 0.664. The van der Waals surface area contributed by atoms with Gasteiger partial charge in [-0.05, 0) is 31.1 Å². The van der Waals surface area contributed by atoms with Crippen LogP contribution < -0.4 is 4.90 Å². The summed E-state index contributed by atoms with van der Waals surface area (Å²) in [5, 5.41) is 13.0. The average Bonchev–Trinajstić information content (AvgIpc) is 2.89. The first-order chi connectivity index (χ1) is 9.11. The highest BCUT2D eigenvalue weighted by Crippen LogP contribution is 2.29. The first-order valence-electron chi connectivity index (χ1n) is 7.31. The van der Waals surface area contributed by atoms with Crippen LogP contribution >= 0.6 is 0 Å². The number of anilines is 1. The molecule has 1 atom stereocenters. The minimum atomic E-state index is 0.294. The van der Waals surface area contributed by atoms with E-state index in [0.29, 0.717) is 30.4 Å². The lowest BCUT2D eigenvalue weighted by molar-refractivity contribution is 0.208. The fourth-order valence-corrected chi connectivity index (χ4v) is 2.69. The minimum Gasteiger partial charge on any atom is -0.396 e. The molecule has 19 heavy (non-hydrogen) atoms. The van der Waals surface area contributed by atoms with Crippen molar-refractivity contribution in [2.45, 2.75) is 46.0 Å². The van der Waals surface area contributed by atoms with Gasteiger partial charge in [0.25, 0.3) is 0 Å². The summed E-state index contributed by atoms with van der Waals surface area (Å²) >= 11 is 0. The van der Waals surface area contributed by atoms with Crippen LogP contribution in [0.25, 0.3) is 0 Å². The fourth-order valence-electron chi connectivity index (χ4n) is 2.69. The molecule has 1 unspecified atom stereocenters. The van der Waals surface area contributed by atoms with Gasteiger partial charge in [-0.1, -0.05) is 25.9 Å². The molecule has 1 N–H and O–H groups in total. The third kappa shape index (κ3) is 3.47. The molecule has 1 saturated heterocycles. The molecule has 5 nitrogen and oxygen atoms in total. The van der Waals surface area contributed by atoms with Gasteiger partial charge < -0.3 is 14.5 Å². The number of nitrogens with zero attached hydrogens (tertiary/aromatic N) is 3. The molecule has 2 heterocycles. The van der Waals surface area contributed by atoms with Crippen LogP contribution in [-0.4, -0.2) is 34.9 Å². The molecule has 108 valence electrons. The summed E-state index contributed by atoms with van der Waals surface area (Å²) in [4.78, 5) is 6.63. The Balaban J connectivity index is 1.88. The highest BCUT2D eigenvalue weighted by molar-refractivity contribution is 5.26. The molecule has 0 radical (unpaired) electrons. The van der Waals surface area contributed by atoms with Gasteiger partial charge in [0.05, 0.1) is 0 Å². The highest BCUT2D eigenvalue weighted by Gasteiger charge is 2.26. The van der Waals surface area contributed by atoms with Gasteiger partial charge >= 0.3 is 6.01 Å². The van der Waals surface area contributed by atoms with Crippen molar-refractivity contribution in [1.82, 2.24) is 10.1 Å². The number of piperidine rings is 1. The van der Waals surface area contributed by atoms with E-state index in [1.165, 1.54) is 0 Å². The van der Waals surface area contributed by atoms with Gasteiger partial charge in [0, 0.05) is 25.6 Å². The second-order valence-electron chi connectivity index (χ2n) is 5.90. The van der Waals surface area contributed by atoms with E-state index >= 15 is 0 Å². The zero-order valence-corrected chi connectivity index (χ0v) is 12.2. The Labute approximate surface area is 115 Å². The van der Waals surface area contributed by atoms with Crippen molar-refractivity contribution in [3.63, 3.8) is 0 Å².